The van der Waals surface area contributed by atoms with Crippen molar-refractivity contribution in [3.63, 3.8) is 0 Å². The molecule has 0 aliphatic heterocycles. The van der Waals surface area contributed by atoms with Crippen LogP contribution >= 0.6 is 11.6 Å². The highest BCUT2D eigenvalue weighted by Crippen LogP contribution is 2.18. The second kappa shape index (κ2) is 12.2. The van der Waals surface area contributed by atoms with Gasteiger partial charge in [-0.25, -0.2) is 0 Å². The molecule has 6 nitrogen and oxygen atoms in total. The van der Waals surface area contributed by atoms with Gasteiger partial charge in [0.15, 0.2) is 0 Å². The molecule has 0 aliphatic carbocycles. The highest BCUT2D eigenvalue weighted by molar-refractivity contribution is 6.30. The van der Waals surface area contributed by atoms with Gasteiger partial charge in [-0.15, -0.1) is 0 Å². The summed E-state index contributed by atoms with van der Waals surface area (Å²) in [6.07, 6.45) is 0.823. The predicted octanol–water partition coefficient (Wildman–Crippen LogP) is 4.45. The molecular formula is C24H31ClN2O4. The van der Waals surface area contributed by atoms with Crippen LogP contribution in [0.1, 0.15) is 39.2 Å². The second-order valence-electron chi connectivity index (χ2n) is 7.61. The Balaban J connectivity index is 1.97. The van der Waals surface area contributed by atoms with Crippen molar-refractivity contribution in [3.8, 4) is 11.5 Å². The maximum Gasteiger partial charge on any atom is 0.242 e. The number of methoxy groups -OCH3 is 1. The zero-order valence-corrected chi connectivity index (χ0v) is 19.3. The number of nitrogens with zero attached hydrogens (tertiary/aromatic N) is 1. The fraction of sp³-hybridized carbons (Fsp3) is 0.417. The molecule has 0 fully saturated rings. The van der Waals surface area contributed by atoms with Crippen LogP contribution in [0.3, 0.4) is 0 Å². The molecule has 0 saturated carbocycles. The van der Waals surface area contributed by atoms with Crippen molar-refractivity contribution in [1.29, 1.82) is 0 Å². The molecule has 1 unspecified atom stereocenters. The first kappa shape index (κ1) is 24.5. The summed E-state index contributed by atoms with van der Waals surface area (Å²) in [5.41, 5.74) is 0.913. The van der Waals surface area contributed by atoms with Crippen LogP contribution in [0.5, 0.6) is 11.5 Å². The number of benzene rings is 2. The van der Waals surface area contributed by atoms with Crippen molar-refractivity contribution < 1.29 is 19.1 Å². The normalized spacial score (nSPS) is 11.7. The molecule has 1 N–H and O–H groups in total. The molecular weight excluding hydrogens is 416 g/mol. The van der Waals surface area contributed by atoms with Gasteiger partial charge >= 0.3 is 0 Å². The van der Waals surface area contributed by atoms with E-state index in [2.05, 4.69) is 5.32 Å². The van der Waals surface area contributed by atoms with Crippen molar-refractivity contribution in [3.05, 3.63) is 59.1 Å². The van der Waals surface area contributed by atoms with Crippen molar-refractivity contribution >= 4 is 23.4 Å². The van der Waals surface area contributed by atoms with Gasteiger partial charge in [-0.1, -0.05) is 23.7 Å². The molecule has 0 aliphatic rings. The Kier molecular flexibility index (Phi) is 9.66. The number of ether oxygens (including phenoxy) is 2. The van der Waals surface area contributed by atoms with Gasteiger partial charge in [0.05, 0.1) is 13.7 Å². The van der Waals surface area contributed by atoms with E-state index in [4.69, 9.17) is 21.1 Å². The van der Waals surface area contributed by atoms with Gasteiger partial charge in [0, 0.05) is 24.0 Å². The molecule has 0 heterocycles. The molecule has 0 spiro atoms. The number of rotatable bonds is 11. The Morgan fingerprint density at radius 2 is 1.61 bits per heavy atom. The average molecular weight is 447 g/mol. The van der Waals surface area contributed by atoms with Gasteiger partial charge in [0.1, 0.15) is 17.5 Å². The summed E-state index contributed by atoms with van der Waals surface area (Å²) in [6.45, 7) is 6.28. The second-order valence-corrected chi connectivity index (χ2v) is 8.05. The number of halogens is 1. The van der Waals surface area contributed by atoms with E-state index in [1.54, 1.807) is 31.1 Å². The summed E-state index contributed by atoms with van der Waals surface area (Å²) >= 11 is 5.97. The van der Waals surface area contributed by atoms with E-state index in [1.165, 1.54) is 0 Å². The van der Waals surface area contributed by atoms with Crippen molar-refractivity contribution in [1.82, 2.24) is 10.2 Å². The number of amides is 2. The summed E-state index contributed by atoms with van der Waals surface area (Å²) in [5, 5.41) is 3.51. The molecule has 31 heavy (non-hydrogen) atoms. The molecule has 2 aromatic carbocycles. The Morgan fingerprint density at radius 1 is 1.00 bits per heavy atom. The first-order chi connectivity index (χ1) is 14.8. The predicted molar refractivity (Wildman–Crippen MR) is 122 cm³/mol. The molecule has 2 rings (SSSR count). The number of nitrogens with one attached hydrogen (secondary N) is 1. The first-order valence-electron chi connectivity index (χ1n) is 10.4. The van der Waals surface area contributed by atoms with Crippen molar-refractivity contribution in [2.45, 2.75) is 52.2 Å². The zero-order chi connectivity index (χ0) is 22.8. The summed E-state index contributed by atoms with van der Waals surface area (Å²) in [7, 11) is 1.61. The molecule has 7 heteroatoms. The van der Waals surface area contributed by atoms with Crippen LogP contribution in [0.15, 0.2) is 48.5 Å². The Morgan fingerprint density at radius 3 is 2.19 bits per heavy atom. The molecule has 2 amide bonds. The van der Waals surface area contributed by atoms with E-state index < -0.39 is 6.04 Å². The van der Waals surface area contributed by atoms with E-state index in [9.17, 15) is 9.59 Å². The monoisotopic (exact) mass is 446 g/mol. The quantitative estimate of drug-likeness (QED) is 0.518. The van der Waals surface area contributed by atoms with Gasteiger partial charge in [-0.3, -0.25) is 9.59 Å². The van der Waals surface area contributed by atoms with E-state index in [1.807, 2.05) is 50.2 Å². The summed E-state index contributed by atoms with van der Waals surface area (Å²) in [4.78, 5) is 27.1. The van der Waals surface area contributed by atoms with Crippen LogP contribution in [-0.4, -0.2) is 42.5 Å². The lowest BCUT2D eigenvalue weighted by atomic mass is 10.1. The van der Waals surface area contributed by atoms with E-state index in [-0.39, 0.29) is 24.3 Å². The summed E-state index contributed by atoms with van der Waals surface area (Å²) < 4.78 is 10.8. The highest BCUT2D eigenvalue weighted by Gasteiger charge is 2.26. The minimum Gasteiger partial charge on any atom is -0.497 e. The Hall–Kier alpha value is -2.73. The lowest BCUT2D eigenvalue weighted by Crippen LogP contribution is -2.49. The molecule has 0 radical (unpaired) electrons. The molecule has 0 saturated heterocycles. The average Bonchev–Trinajstić information content (AvgIpc) is 2.75. The summed E-state index contributed by atoms with van der Waals surface area (Å²) in [5.74, 6) is 1.21. The molecule has 2 aromatic rings. The Labute approximate surface area is 189 Å². The number of carbonyl (C=O) groups excluding carboxylic acids is 2. The maximum absolute atomic E-state index is 13.0. The third-order valence-electron chi connectivity index (χ3n) is 4.73. The standard InChI is InChI=1S/C24H31ClN2O4/c1-17(2)26-24(29)18(3)27(16-19-7-9-20(25)10-8-19)23(28)6-5-15-31-22-13-11-21(30-4)12-14-22/h7-14,17-18H,5-6,15-16H2,1-4H3,(H,26,29). The van der Waals surface area contributed by atoms with E-state index in [0.717, 1.165) is 17.1 Å². The van der Waals surface area contributed by atoms with Gasteiger partial charge in [0.25, 0.3) is 0 Å². The van der Waals surface area contributed by atoms with Crippen LogP contribution in [0, 0.1) is 0 Å². The smallest absolute Gasteiger partial charge is 0.242 e. The Bertz CT molecular complexity index is 838. The van der Waals surface area contributed by atoms with Crippen molar-refractivity contribution in [2.24, 2.45) is 0 Å². The lowest BCUT2D eigenvalue weighted by Gasteiger charge is -2.29. The van der Waals surface area contributed by atoms with Gasteiger partial charge in [0.2, 0.25) is 11.8 Å². The fourth-order valence-corrected chi connectivity index (χ4v) is 3.13. The minimum absolute atomic E-state index is 0.000306. The lowest BCUT2D eigenvalue weighted by molar-refractivity contribution is -0.141. The molecule has 0 bridgehead atoms. The van der Waals surface area contributed by atoms with E-state index in [0.29, 0.717) is 24.6 Å². The number of hydrogen-bond acceptors (Lipinski definition) is 4. The van der Waals surface area contributed by atoms with Crippen LogP contribution in [0.4, 0.5) is 0 Å². The largest absolute Gasteiger partial charge is 0.497 e. The number of carbonyl (C=O) groups is 2. The highest BCUT2D eigenvalue weighted by atomic mass is 35.5. The van der Waals surface area contributed by atoms with Crippen molar-refractivity contribution in [2.75, 3.05) is 13.7 Å². The zero-order valence-electron chi connectivity index (χ0n) is 18.6. The molecule has 0 aromatic heterocycles. The minimum atomic E-state index is -0.590. The topological polar surface area (TPSA) is 67.9 Å². The van der Waals surface area contributed by atoms with Crippen LogP contribution < -0.4 is 14.8 Å². The van der Waals surface area contributed by atoms with Crippen LogP contribution in [0.2, 0.25) is 5.02 Å². The molecule has 168 valence electrons. The SMILES string of the molecule is COc1ccc(OCCCC(=O)N(Cc2ccc(Cl)cc2)C(C)C(=O)NC(C)C)cc1. The first-order valence-corrected chi connectivity index (χ1v) is 10.8. The third kappa shape index (κ3) is 8.13. The van der Waals surface area contributed by atoms with Gasteiger partial charge < -0.3 is 19.7 Å². The summed E-state index contributed by atoms with van der Waals surface area (Å²) in [6, 6.07) is 14.0. The maximum atomic E-state index is 13.0. The van der Waals surface area contributed by atoms with Crippen LogP contribution in [0.25, 0.3) is 0 Å². The van der Waals surface area contributed by atoms with Gasteiger partial charge in [-0.2, -0.15) is 0 Å². The third-order valence-corrected chi connectivity index (χ3v) is 4.98. The molecule has 1 atom stereocenters. The number of hydrogen-bond donors (Lipinski definition) is 1. The van der Waals surface area contributed by atoms with Crippen LogP contribution in [-0.2, 0) is 16.1 Å². The van der Waals surface area contributed by atoms with Gasteiger partial charge in [-0.05, 0) is 69.2 Å². The fourth-order valence-electron chi connectivity index (χ4n) is 3.00. The van der Waals surface area contributed by atoms with E-state index >= 15 is 0 Å².